The van der Waals surface area contributed by atoms with Gasteiger partial charge in [-0.3, -0.25) is 0 Å². The van der Waals surface area contributed by atoms with Gasteiger partial charge >= 0.3 is 0 Å². The highest BCUT2D eigenvalue weighted by molar-refractivity contribution is 6.03. The van der Waals surface area contributed by atoms with E-state index >= 15 is 0 Å². The van der Waals surface area contributed by atoms with E-state index in [0.29, 0.717) is 0 Å². The van der Waals surface area contributed by atoms with Crippen molar-refractivity contribution < 1.29 is 0 Å². The molecule has 0 radical (unpaired) electrons. The monoisotopic (exact) mass is 315 g/mol. The summed E-state index contributed by atoms with van der Waals surface area (Å²) in [5, 5.41) is 3.32. The van der Waals surface area contributed by atoms with E-state index in [-0.39, 0.29) is 0 Å². The number of hydrogen-bond acceptors (Lipinski definition) is 2. The lowest BCUT2D eigenvalue weighted by molar-refractivity contribution is 0.263. The molecule has 0 bridgehead atoms. The Hall–Kier alpha value is -1.35. The molecule has 1 aliphatic carbocycles. The summed E-state index contributed by atoms with van der Waals surface area (Å²) in [7, 11) is 2.05. The molecule has 1 aliphatic heterocycles. The molecule has 1 heterocycles. The van der Waals surface area contributed by atoms with Gasteiger partial charge in [0.2, 0.25) is 0 Å². The SMILES string of the molecule is C=C/N=C(\C(=C(C)C)C1=C(C)CCC1)N1CCC(CNC)CC1. The van der Waals surface area contributed by atoms with Crippen molar-refractivity contribution in [2.45, 2.75) is 52.9 Å². The van der Waals surface area contributed by atoms with E-state index in [1.807, 2.05) is 7.05 Å². The standard InChI is InChI=1S/C20H33N3/c1-6-22-20(23-12-10-17(11-13-23)14-21-5)19(15(2)3)18-9-7-8-16(18)4/h6,17,21H,1,7-14H2,2-5H3/b22-20+. The molecular weight excluding hydrogens is 282 g/mol. The van der Waals surface area contributed by atoms with Crippen LogP contribution in [0.15, 0.2) is 40.1 Å². The van der Waals surface area contributed by atoms with Crippen LogP contribution in [0.25, 0.3) is 0 Å². The van der Waals surface area contributed by atoms with Crippen LogP contribution in [0, 0.1) is 5.92 Å². The lowest BCUT2D eigenvalue weighted by atomic mass is 9.93. The zero-order valence-electron chi connectivity index (χ0n) is 15.4. The number of likely N-dealkylation sites (tertiary alicyclic amines) is 1. The Kier molecular flexibility index (Phi) is 6.64. The van der Waals surface area contributed by atoms with Crippen molar-refractivity contribution in [3.05, 3.63) is 35.1 Å². The second-order valence-electron chi connectivity index (χ2n) is 7.11. The van der Waals surface area contributed by atoms with E-state index in [1.54, 1.807) is 11.8 Å². The Morgan fingerprint density at radius 3 is 2.48 bits per heavy atom. The smallest absolute Gasteiger partial charge is 0.135 e. The first-order valence-electron chi connectivity index (χ1n) is 9.03. The second kappa shape index (κ2) is 8.49. The number of piperidine rings is 1. The zero-order valence-corrected chi connectivity index (χ0v) is 15.4. The molecule has 2 rings (SSSR count). The number of aliphatic imine (C=N–C) groups is 1. The summed E-state index contributed by atoms with van der Waals surface area (Å²) in [5.41, 5.74) is 5.83. The van der Waals surface area contributed by atoms with Crippen molar-refractivity contribution in [3.63, 3.8) is 0 Å². The van der Waals surface area contributed by atoms with Crippen LogP contribution in [-0.4, -0.2) is 37.4 Å². The molecule has 23 heavy (non-hydrogen) atoms. The Morgan fingerprint density at radius 1 is 1.30 bits per heavy atom. The minimum Gasteiger partial charge on any atom is -0.356 e. The summed E-state index contributed by atoms with van der Waals surface area (Å²) in [6, 6.07) is 0. The molecule has 0 aromatic carbocycles. The van der Waals surface area contributed by atoms with E-state index in [9.17, 15) is 0 Å². The van der Waals surface area contributed by atoms with Gasteiger partial charge in [0.1, 0.15) is 5.84 Å². The van der Waals surface area contributed by atoms with Crippen LogP contribution in [-0.2, 0) is 0 Å². The van der Waals surface area contributed by atoms with Crippen molar-refractivity contribution in [2.24, 2.45) is 10.9 Å². The van der Waals surface area contributed by atoms with Gasteiger partial charge < -0.3 is 10.2 Å². The van der Waals surface area contributed by atoms with Gasteiger partial charge in [-0.05, 0) is 78.0 Å². The fourth-order valence-electron chi connectivity index (χ4n) is 3.92. The number of hydrogen-bond donors (Lipinski definition) is 1. The molecule has 2 aliphatic rings. The molecular formula is C20H33N3. The van der Waals surface area contributed by atoms with Gasteiger partial charge in [-0.1, -0.05) is 17.7 Å². The number of rotatable bonds is 5. The summed E-state index contributed by atoms with van der Waals surface area (Å²) in [5.74, 6) is 1.95. The highest BCUT2D eigenvalue weighted by atomic mass is 15.2. The number of nitrogens with one attached hydrogen (secondary N) is 1. The van der Waals surface area contributed by atoms with Crippen LogP contribution in [0.2, 0.25) is 0 Å². The third-order valence-electron chi connectivity index (χ3n) is 5.14. The van der Waals surface area contributed by atoms with E-state index in [1.165, 1.54) is 48.8 Å². The lowest BCUT2D eigenvalue weighted by Gasteiger charge is -2.35. The van der Waals surface area contributed by atoms with Crippen LogP contribution in [0.4, 0.5) is 0 Å². The summed E-state index contributed by atoms with van der Waals surface area (Å²) in [4.78, 5) is 7.20. The Labute approximate surface area is 142 Å². The van der Waals surface area contributed by atoms with Crippen molar-refractivity contribution in [3.8, 4) is 0 Å². The van der Waals surface area contributed by atoms with Gasteiger partial charge in [0.05, 0.1) is 0 Å². The fourth-order valence-corrected chi connectivity index (χ4v) is 3.92. The second-order valence-corrected chi connectivity index (χ2v) is 7.11. The average Bonchev–Trinajstić information content (AvgIpc) is 2.94. The molecule has 3 nitrogen and oxygen atoms in total. The molecule has 128 valence electrons. The largest absolute Gasteiger partial charge is 0.356 e. The Bertz CT molecular complexity index is 513. The van der Waals surface area contributed by atoms with Crippen LogP contribution in [0.5, 0.6) is 0 Å². The molecule has 0 amide bonds. The normalized spacial score (nSPS) is 20.2. The molecule has 0 atom stereocenters. The molecule has 1 saturated heterocycles. The number of allylic oxidation sites excluding steroid dienone is 2. The predicted molar refractivity (Wildman–Crippen MR) is 101 cm³/mol. The molecule has 0 aromatic rings. The predicted octanol–water partition coefficient (Wildman–Crippen LogP) is 4.30. The number of nitrogens with zero attached hydrogens (tertiary/aromatic N) is 2. The molecule has 0 saturated carbocycles. The van der Waals surface area contributed by atoms with Crippen molar-refractivity contribution in [1.29, 1.82) is 0 Å². The third-order valence-corrected chi connectivity index (χ3v) is 5.14. The zero-order chi connectivity index (χ0) is 16.8. The Morgan fingerprint density at radius 2 is 2.00 bits per heavy atom. The van der Waals surface area contributed by atoms with Gasteiger partial charge in [0, 0.05) is 24.9 Å². The first kappa shape index (κ1) is 18.0. The summed E-state index contributed by atoms with van der Waals surface area (Å²) >= 11 is 0. The molecule has 0 unspecified atom stereocenters. The lowest BCUT2D eigenvalue weighted by Crippen LogP contribution is -2.41. The molecule has 1 fully saturated rings. The van der Waals surface area contributed by atoms with Gasteiger partial charge in [0.15, 0.2) is 0 Å². The van der Waals surface area contributed by atoms with E-state index in [4.69, 9.17) is 4.99 Å². The van der Waals surface area contributed by atoms with Gasteiger partial charge in [-0.15, -0.1) is 0 Å². The van der Waals surface area contributed by atoms with Crippen LogP contribution in [0.3, 0.4) is 0 Å². The quantitative estimate of drug-likeness (QED) is 0.605. The van der Waals surface area contributed by atoms with Crippen LogP contribution in [0.1, 0.15) is 52.9 Å². The van der Waals surface area contributed by atoms with Crippen molar-refractivity contribution in [1.82, 2.24) is 10.2 Å². The average molecular weight is 316 g/mol. The van der Waals surface area contributed by atoms with Gasteiger partial charge in [0.25, 0.3) is 0 Å². The summed E-state index contributed by atoms with van der Waals surface area (Å²) in [6.45, 7) is 13.9. The molecule has 0 aromatic heterocycles. The van der Waals surface area contributed by atoms with E-state index in [2.05, 4.69) is 37.6 Å². The molecule has 1 N–H and O–H groups in total. The first-order chi connectivity index (χ1) is 11.1. The van der Waals surface area contributed by atoms with Crippen LogP contribution >= 0.6 is 0 Å². The third kappa shape index (κ3) is 4.35. The van der Waals surface area contributed by atoms with Crippen LogP contribution < -0.4 is 5.32 Å². The maximum atomic E-state index is 4.72. The van der Waals surface area contributed by atoms with E-state index in [0.717, 1.165) is 31.4 Å². The molecule has 3 heteroatoms. The minimum absolute atomic E-state index is 0.795. The van der Waals surface area contributed by atoms with Gasteiger partial charge in [-0.25, -0.2) is 4.99 Å². The maximum absolute atomic E-state index is 4.72. The van der Waals surface area contributed by atoms with Gasteiger partial charge in [-0.2, -0.15) is 0 Å². The minimum atomic E-state index is 0.795. The maximum Gasteiger partial charge on any atom is 0.135 e. The van der Waals surface area contributed by atoms with Crippen molar-refractivity contribution in [2.75, 3.05) is 26.7 Å². The Balaban J connectivity index is 2.24. The highest BCUT2D eigenvalue weighted by Gasteiger charge is 2.27. The first-order valence-corrected chi connectivity index (χ1v) is 9.03. The molecule has 0 spiro atoms. The van der Waals surface area contributed by atoms with E-state index < -0.39 is 0 Å². The summed E-state index contributed by atoms with van der Waals surface area (Å²) in [6.07, 6.45) is 7.90. The highest BCUT2D eigenvalue weighted by Crippen LogP contribution is 2.34. The fraction of sp³-hybridized carbons (Fsp3) is 0.650. The number of amidine groups is 1. The van der Waals surface area contributed by atoms with Crippen molar-refractivity contribution >= 4 is 5.84 Å². The topological polar surface area (TPSA) is 27.6 Å². The summed E-state index contributed by atoms with van der Waals surface area (Å²) < 4.78 is 0.